The molecule has 8 nitrogen and oxygen atoms in total. The smallest absolute Gasteiger partial charge is 0.338 e. The lowest BCUT2D eigenvalue weighted by atomic mass is 9.96. The zero-order chi connectivity index (χ0) is 28.8. The molecule has 0 saturated heterocycles. The Balaban J connectivity index is 1.84. The molecule has 0 bridgehead atoms. The summed E-state index contributed by atoms with van der Waals surface area (Å²) in [7, 11) is 0. The average Bonchev–Trinajstić information content (AvgIpc) is 3.24. The summed E-state index contributed by atoms with van der Waals surface area (Å²) in [6.45, 7) is 12.7. The van der Waals surface area contributed by atoms with Crippen LogP contribution in [0.1, 0.15) is 65.1 Å². The van der Waals surface area contributed by atoms with Gasteiger partial charge in [0.2, 0.25) is 0 Å². The van der Waals surface area contributed by atoms with Crippen LogP contribution in [0.25, 0.3) is 6.08 Å². The minimum atomic E-state index is -0.682. The first-order valence-corrected chi connectivity index (χ1v) is 14.5. The fourth-order valence-corrected chi connectivity index (χ4v) is 5.50. The Labute approximate surface area is 238 Å². The number of fused-ring (bicyclic) bond motifs is 1. The van der Waals surface area contributed by atoms with Crippen molar-refractivity contribution in [3.8, 4) is 17.2 Å². The second kappa shape index (κ2) is 13.0. The Morgan fingerprint density at radius 1 is 1.02 bits per heavy atom. The first-order chi connectivity index (χ1) is 19.3. The molecule has 4 rings (SSSR count). The van der Waals surface area contributed by atoms with E-state index < -0.39 is 12.0 Å². The van der Waals surface area contributed by atoms with Gasteiger partial charge in [-0.15, -0.1) is 0 Å². The van der Waals surface area contributed by atoms with Crippen molar-refractivity contribution in [2.75, 3.05) is 19.8 Å². The molecule has 2 atom stereocenters. The van der Waals surface area contributed by atoms with Gasteiger partial charge in [-0.05, 0) is 82.5 Å². The molecule has 3 aromatic rings. The number of nitrogens with zero attached hydrogens (tertiary/aromatic N) is 2. The lowest BCUT2D eigenvalue weighted by Crippen LogP contribution is -2.39. The van der Waals surface area contributed by atoms with E-state index in [1.54, 1.807) is 18.4 Å². The van der Waals surface area contributed by atoms with Gasteiger partial charge in [-0.1, -0.05) is 36.5 Å². The Morgan fingerprint density at radius 2 is 1.75 bits per heavy atom. The molecule has 0 unspecified atom stereocenters. The average molecular weight is 565 g/mol. The van der Waals surface area contributed by atoms with Crippen LogP contribution in [-0.4, -0.2) is 36.5 Å². The largest absolute Gasteiger partial charge is 0.494 e. The number of allylic oxidation sites excluding steroid dienone is 1. The van der Waals surface area contributed by atoms with Gasteiger partial charge in [-0.2, -0.15) is 0 Å². The molecule has 2 heterocycles. The molecular formula is C31H36N2O6S. The SMILES string of the molecule is CCOC(=O)C1=C(C)N=c2s/c(=C/c3ccc(O[C@@H](C)CC)c(OCC)c3)c(=O)n2[C@@H]1c1ccc(OCC)cc1. The third kappa shape index (κ3) is 6.14. The highest BCUT2D eigenvalue weighted by molar-refractivity contribution is 7.07. The predicted molar refractivity (Wildman–Crippen MR) is 156 cm³/mol. The molecule has 0 radical (unpaired) electrons. The van der Waals surface area contributed by atoms with Crippen LogP contribution >= 0.6 is 11.3 Å². The van der Waals surface area contributed by atoms with Gasteiger partial charge in [0.05, 0.1) is 47.8 Å². The highest BCUT2D eigenvalue weighted by Crippen LogP contribution is 2.32. The van der Waals surface area contributed by atoms with Crippen LogP contribution in [0.15, 0.2) is 63.5 Å². The summed E-state index contributed by atoms with van der Waals surface area (Å²) >= 11 is 1.28. The molecule has 1 aliphatic heterocycles. The van der Waals surface area contributed by atoms with E-state index in [4.69, 9.17) is 18.9 Å². The van der Waals surface area contributed by atoms with Gasteiger partial charge in [-0.3, -0.25) is 9.36 Å². The summed E-state index contributed by atoms with van der Waals surface area (Å²) in [5.74, 6) is 1.51. The molecule has 40 heavy (non-hydrogen) atoms. The highest BCUT2D eigenvalue weighted by Gasteiger charge is 2.33. The number of carbonyl (C=O) groups is 1. The molecule has 1 aliphatic rings. The van der Waals surface area contributed by atoms with E-state index >= 15 is 0 Å². The number of benzene rings is 2. The van der Waals surface area contributed by atoms with Crippen molar-refractivity contribution in [2.24, 2.45) is 4.99 Å². The van der Waals surface area contributed by atoms with Crippen molar-refractivity contribution >= 4 is 23.4 Å². The third-order valence-corrected chi connectivity index (χ3v) is 7.48. The molecule has 1 aromatic heterocycles. The van der Waals surface area contributed by atoms with Gasteiger partial charge in [0.25, 0.3) is 5.56 Å². The second-order valence-corrected chi connectivity index (χ2v) is 10.3. The first kappa shape index (κ1) is 29.1. The minimum Gasteiger partial charge on any atom is -0.494 e. The normalized spacial score (nSPS) is 15.8. The molecule has 0 fully saturated rings. The Kier molecular flexibility index (Phi) is 9.47. The maximum atomic E-state index is 13.9. The fraction of sp³-hybridized carbons (Fsp3) is 0.387. The summed E-state index contributed by atoms with van der Waals surface area (Å²) < 4.78 is 24.9. The van der Waals surface area contributed by atoms with Crippen LogP contribution < -0.4 is 29.1 Å². The number of carbonyl (C=O) groups excluding carboxylic acids is 1. The van der Waals surface area contributed by atoms with Crippen molar-refractivity contribution in [3.63, 3.8) is 0 Å². The van der Waals surface area contributed by atoms with E-state index in [1.165, 1.54) is 11.3 Å². The summed E-state index contributed by atoms with van der Waals surface area (Å²) in [5.41, 5.74) is 2.18. The van der Waals surface area contributed by atoms with Gasteiger partial charge < -0.3 is 18.9 Å². The van der Waals surface area contributed by atoms with Crippen molar-refractivity contribution in [2.45, 2.75) is 60.1 Å². The van der Waals surface area contributed by atoms with Crippen molar-refractivity contribution in [1.82, 2.24) is 4.57 Å². The Bertz CT molecular complexity index is 1570. The summed E-state index contributed by atoms with van der Waals surface area (Å²) in [6, 6.07) is 12.4. The zero-order valence-corrected chi connectivity index (χ0v) is 24.7. The van der Waals surface area contributed by atoms with Gasteiger partial charge >= 0.3 is 5.97 Å². The predicted octanol–water partition coefficient (Wildman–Crippen LogP) is 4.77. The van der Waals surface area contributed by atoms with Crippen LogP contribution in [0.5, 0.6) is 17.2 Å². The van der Waals surface area contributed by atoms with Crippen LogP contribution in [-0.2, 0) is 9.53 Å². The number of hydrogen-bond donors (Lipinski definition) is 0. The summed E-state index contributed by atoms with van der Waals surface area (Å²) in [4.78, 5) is 32.2. The molecule has 0 N–H and O–H groups in total. The molecule has 9 heteroatoms. The van der Waals surface area contributed by atoms with E-state index in [9.17, 15) is 9.59 Å². The van der Waals surface area contributed by atoms with E-state index in [1.807, 2.05) is 69.3 Å². The summed E-state index contributed by atoms with van der Waals surface area (Å²) in [5, 5.41) is 0. The van der Waals surface area contributed by atoms with Gasteiger partial charge in [-0.25, -0.2) is 9.79 Å². The Hall–Kier alpha value is -3.85. The number of aromatic nitrogens is 1. The molecule has 2 aromatic carbocycles. The van der Waals surface area contributed by atoms with Crippen molar-refractivity contribution in [3.05, 3.63) is 84.5 Å². The van der Waals surface area contributed by atoms with E-state index in [0.29, 0.717) is 51.1 Å². The van der Waals surface area contributed by atoms with Gasteiger partial charge in [0.1, 0.15) is 5.75 Å². The number of thiazole rings is 1. The Morgan fingerprint density at radius 3 is 2.40 bits per heavy atom. The fourth-order valence-electron chi connectivity index (χ4n) is 4.45. The molecule has 0 saturated carbocycles. The topological polar surface area (TPSA) is 88.4 Å². The number of esters is 1. The highest BCUT2D eigenvalue weighted by atomic mass is 32.1. The number of ether oxygens (including phenoxy) is 4. The lowest BCUT2D eigenvalue weighted by molar-refractivity contribution is -0.139. The quantitative estimate of drug-likeness (QED) is 0.312. The van der Waals surface area contributed by atoms with E-state index in [-0.39, 0.29) is 18.3 Å². The first-order valence-electron chi connectivity index (χ1n) is 13.7. The molecular weight excluding hydrogens is 528 g/mol. The number of rotatable bonds is 11. The maximum Gasteiger partial charge on any atom is 0.338 e. The van der Waals surface area contributed by atoms with Crippen LogP contribution in [0.4, 0.5) is 0 Å². The maximum absolute atomic E-state index is 13.9. The standard InChI is InChI=1S/C31H36N2O6S/c1-7-19(5)39-24-16-11-21(17-25(24)37-9-3)18-26-29(34)33-28(22-12-14-23(15-13-22)36-8-2)27(30(35)38-10-4)20(6)32-31(33)40-26/h11-19,28H,7-10H2,1-6H3/b26-18+/t19-,28+/m0/s1. The van der Waals surface area contributed by atoms with Crippen LogP contribution in [0, 0.1) is 0 Å². The van der Waals surface area contributed by atoms with E-state index in [2.05, 4.69) is 11.9 Å². The molecule has 0 aliphatic carbocycles. The molecule has 0 spiro atoms. The third-order valence-electron chi connectivity index (χ3n) is 6.49. The van der Waals surface area contributed by atoms with Gasteiger partial charge in [0.15, 0.2) is 16.3 Å². The molecule has 0 amide bonds. The van der Waals surface area contributed by atoms with Gasteiger partial charge in [0, 0.05) is 0 Å². The second-order valence-electron chi connectivity index (χ2n) is 9.28. The van der Waals surface area contributed by atoms with Crippen LogP contribution in [0.2, 0.25) is 0 Å². The van der Waals surface area contributed by atoms with E-state index in [0.717, 1.165) is 17.5 Å². The zero-order valence-electron chi connectivity index (χ0n) is 23.9. The minimum absolute atomic E-state index is 0.0492. The van der Waals surface area contributed by atoms with Crippen LogP contribution in [0.3, 0.4) is 0 Å². The number of hydrogen-bond acceptors (Lipinski definition) is 8. The lowest BCUT2D eigenvalue weighted by Gasteiger charge is -2.24. The summed E-state index contributed by atoms with van der Waals surface area (Å²) in [6.07, 6.45) is 2.74. The van der Waals surface area contributed by atoms with Crippen molar-refractivity contribution < 1.29 is 23.7 Å². The monoisotopic (exact) mass is 564 g/mol. The molecule has 212 valence electrons. The van der Waals surface area contributed by atoms with Crippen molar-refractivity contribution in [1.29, 1.82) is 0 Å².